The van der Waals surface area contributed by atoms with E-state index in [1.807, 2.05) is 45.0 Å². The van der Waals surface area contributed by atoms with Gasteiger partial charge in [0.25, 0.3) is 0 Å². The molecular weight excluding hydrogens is 303 g/mol. The van der Waals surface area contributed by atoms with Gasteiger partial charge in [0.05, 0.1) is 5.52 Å². The maximum Gasteiger partial charge on any atom is 0.161 e. The second-order valence-electron chi connectivity index (χ2n) is 5.28. The molecule has 0 radical (unpaired) electrons. The average molecular weight is 317 g/mol. The summed E-state index contributed by atoms with van der Waals surface area (Å²) in [7, 11) is 0. The second kappa shape index (κ2) is 5.28. The Morgan fingerprint density at radius 1 is 0.857 bits per heavy atom. The molecule has 0 aliphatic rings. The van der Waals surface area contributed by atoms with Gasteiger partial charge in [-0.1, -0.05) is 34.8 Å². The van der Waals surface area contributed by atoms with Crippen molar-refractivity contribution in [3.63, 3.8) is 0 Å². The number of halogens is 2. The van der Waals surface area contributed by atoms with Crippen LogP contribution in [-0.2, 0) is 0 Å². The summed E-state index contributed by atoms with van der Waals surface area (Å²) in [5, 5.41) is 2.11. The summed E-state index contributed by atoms with van der Waals surface area (Å²) in [6.45, 7) is 6.04. The second-order valence-corrected chi connectivity index (χ2v) is 6.05. The molecule has 3 rings (SSSR count). The molecule has 0 saturated carbocycles. The highest BCUT2D eigenvalue weighted by atomic mass is 35.5. The van der Waals surface area contributed by atoms with Crippen molar-refractivity contribution in [1.29, 1.82) is 0 Å². The van der Waals surface area contributed by atoms with Gasteiger partial charge in [-0.15, -0.1) is 0 Å². The first kappa shape index (κ1) is 14.3. The fourth-order valence-electron chi connectivity index (χ4n) is 2.46. The molecule has 0 bridgehead atoms. The molecule has 0 unspecified atom stereocenters. The Hall–Kier alpha value is -1.64. The van der Waals surface area contributed by atoms with Crippen LogP contribution in [0.15, 0.2) is 30.3 Å². The first-order valence-electron chi connectivity index (χ1n) is 6.67. The van der Waals surface area contributed by atoms with Crippen molar-refractivity contribution in [1.82, 2.24) is 9.97 Å². The molecule has 21 heavy (non-hydrogen) atoms. The monoisotopic (exact) mass is 316 g/mol. The van der Waals surface area contributed by atoms with Crippen molar-refractivity contribution >= 4 is 34.1 Å². The van der Waals surface area contributed by atoms with E-state index in [0.29, 0.717) is 11.0 Å². The maximum absolute atomic E-state index is 6.35. The molecule has 0 fully saturated rings. The number of benzene rings is 2. The number of aryl methyl sites for hydroxylation is 3. The summed E-state index contributed by atoms with van der Waals surface area (Å²) in [5.41, 5.74) is 5.06. The molecule has 0 spiro atoms. The van der Waals surface area contributed by atoms with Crippen molar-refractivity contribution in [2.24, 2.45) is 0 Å². The third-order valence-electron chi connectivity index (χ3n) is 3.50. The highest BCUT2D eigenvalue weighted by Crippen LogP contribution is 2.29. The Balaban J connectivity index is 2.27. The minimum atomic E-state index is 0.481. The van der Waals surface area contributed by atoms with Gasteiger partial charge in [-0.05, 0) is 56.2 Å². The minimum Gasteiger partial charge on any atom is -0.228 e. The van der Waals surface area contributed by atoms with Crippen LogP contribution in [0.1, 0.15) is 16.7 Å². The molecule has 0 atom stereocenters. The summed E-state index contributed by atoms with van der Waals surface area (Å²) < 4.78 is 0. The first-order chi connectivity index (χ1) is 9.95. The van der Waals surface area contributed by atoms with E-state index in [2.05, 4.69) is 16.0 Å². The lowest BCUT2D eigenvalue weighted by molar-refractivity contribution is 1.21. The zero-order chi connectivity index (χ0) is 15.1. The number of fused-ring (bicyclic) bond motifs is 1. The summed E-state index contributed by atoms with van der Waals surface area (Å²) in [6.07, 6.45) is 0. The van der Waals surface area contributed by atoms with Crippen molar-refractivity contribution in [2.45, 2.75) is 20.8 Å². The van der Waals surface area contributed by atoms with Gasteiger partial charge in [-0.2, -0.15) is 0 Å². The van der Waals surface area contributed by atoms with Crippen LogP contribution in [-0.4, -0.2) is 9.97 Å². The third kappa shape index (κ3) is 2.61. The molecule has 0 amide bonds. The summed E-state index contributed by atoms with van der Waals surface area (Å²) >= 11 is 12.4. The summed E-state index contributed by atoms with van der Waals surface area (Å²) in [4.78, 5) is 9.11. The molecule has 0 aliphatic carbocycles. The fourth-order valence-corrected chi connectivity index (χ4v) is 2.80. The van der Waals surface area contributed by atoms with E-state index < -0.39 is 0 Å². The van der Waals surface area contributed by atoms with Crippen LogP contribution in [0.25, 0.3) is 22.3 Å². The fraction of sp³-hybridized carbons (Fsp3) is 0.176. The summed E-state index contributed by atoms with van der Waals surface area (Å²) in [5.74, 6) is 0.624. The van der Waals surface area contributed by atoms with E-state index in [0.717, 1.165) is 38.2 Å². The molecular formula is C17H14Cl2N2. The molecule has 1 aromatic heterocycles. The highest BCUT2D eigenvalue weighted by molar-refractivity contribution is 6.34. The molecule has 4 heteroatoms. The molecule has 3 aromatic rings. The minimum absolute atomic E-state index is 0.481. The van der Waals surface area contributed by atoms with Gasteiger partial charge in [0.15, 0.2) is 5.82 Å². The Kier molecular flexibility index (Phi) is 3.60. The number of hydrogen-bond donors (Lipinski definition) is 0. The average Bonchev–Trinajstić information content (AvgIpc) is 2.43. The predicted molar refractivity (Wildman–Crippen MR) is 89.2 cm³/mol. The van der Waals surface area contributed by atoms with Gasteiger partial charge in [0, 0.05) is 16.0 Å². The Morgan fingerprint density at radius 2 is 1.62 bits per heavy atom. The normalized spacial score (nSPS) is 11.1. The largest absolute Gasteiger partial charge is 0.228 e. The van der Waals surface area contributed by atoms with Gasteiger partial charge < -0.3 is 0 Å². The Morgan fingerprint density at radius 3 is 2.33 bits per heavy atom. The van der Waals surface area contributed by atoms with Crippen LogP contribution < -0.4 is 0 Å². The van der Waals surface area contributed by atoms with Crippen molar-refractivity contribution in [2.75, 3.05) is 0 Å². The zero-order valence-corrected chi connectivity index (χ0v) is 13.5. The van der Waals surface area contributed by atoms with Crippen LogP contribution in [0.2, 0.25) is 10.2 Å². The van der Waals surface area contributed by atoms with Crippen molar-refractivity contribution in [3.8, 4) is 11.4 Å². The Bertz CT molecular complexity index is 857. The standard InChI is InChI=1S/C17H14Cl2N2/c1-9-6-11(3)15-13(7-9)16(19)21-17(20-15)12-4-5-14(18)10(2)8-12/h4-8H,1-3H3. The molecule has 2 aromatic carbocycles. The van der Waals surface area contributed by atoms with E-state index in [4.69, 9.17) is 23.2 Å². The van der Waals surface area contributed by atoms with Crippen LogP contribution in [0.4, 0.5) is 0 Å². The summed E-state index contributed by atoms with van der Waals surface area (Å²) in [6, 6.07) is 9.86. The quantitative estimate of drug-likeness (QED) is 0.552. The van der Waals surface area contributed by atoms with Crippen LogP contribution >= 0.6 is 23.2 Å². The first-order valence-corrected chi connectivity index (χ1v) is 7.42. The van der Waals surface area contributed by atoms with E-state index in [1.54, 1.807) is 0 Å². The smallest absolute Gasteiger partial charge is 0.161 e. The van der Waals surface area contributed by atoms with Crippen molar-refractivity contribution in [3.05, 3.63) is 57.2 Å². The SMILES string of the molecule is Cc1cc(C)c2nc(-c3ccc(Cl)c(C)c3)nc(Cl)c2c1. The molecule has 1 heterocycles. The molecule has 0 aliphatic heterocycles. The third-order valence-corrected chi connectivity index (χ3v) is 4.22. The van der Waals surface area contributed by atoms with E-state index in [1.165, 1.54) is 0 Å². The van der Waals surface area contributed by atoms with Crippen LogP contribution in [0.5, 0.6) is 0 Å². The van der Waals surface area contributed by atoms with E-state index >= 15 is 0 Å². The van der Waals surface area contributed by atoms with Gasteiger partial charge in [-0.3, -0.25) is 0 Å². The maximum atomic E-state index is 6.35. The van der Waals surface area contributed by atoms with Gasteiger partial charge in [-0.25, -0.2) is 9.97 Å². The van der Waals surface area contributed by atoms with Crippen molar-refractivity contribution < 1.29 is 0 Å². The van der Waals surface area contributed by atoms with E-state index in [9.17, 15) is 0 Å². The number of nitrogens with zero attached hydrogens (tertiary/aromatic N) is 2. The lowest BCUT2D eigenvalue weighted by Gasteiger charge is -2.09. The molecule has 2 nitrogen and oxygen atoms in total. The van der Waals surface area contributed by atoms with E-state index in [-0.39, 0.29) is 0 Å². The number of aromatic nitrogens is 2. The lowest BCUT2D eigenvalue weighted by Crippen LogP contribution is -1.95. The van der Waals surface area contributed by atoms with Gasteiger partial charge in [0.1, 0.15) is 5.15 Å². The lowest BCUT2D eigenvalue weighted by atomic mass is 10.1. The highest BCUT2D eigenvalue weighted by Gasteiger charge is 2.11. The van der Waals surface area contributed by atoms with Crippen LogP contribution in [0, 0.1) is 20.8 Å². The number of rotatable bonds is 1. The molecule has 0 saturated heterocycles. The van der Waals surface area contributed by atoms with Gasteiger partial charge in [0.2, 0.25) is 0 Å². The van der Waals surface area contributed by atoms with Crippen LogP contribution in [0.3, 0.4) is 0 Å². The number of hydrogen-bond acceptors (Lipinski definition) is 2. The molecule has 0 N–H and O–H groups in total. The topological polar surface area (TPSA) is 25.8 Å². The molecule has 106 valence electrons. The zero-order valence-electron chi connectivity index (χ0n) is 12.0. The predicted octanol–water partition coefficient (Wildman–Crippen LogP) is 5.53. The Labute approximate surface area is 133 Å². The van der Waals surface area contributed by atoms with Gasteiger partial charge >= 0.3 is 0 Å².